The molecule has 2 nitrogen and oxygen atoms in total. The molecule has 70 valence electrons. The predicted molar refractivity (Wildman–Crippen MR) is 57.3 cm³/mol. The number of amides is 1. The van der Waals surface area contributed by atoms with Gasteiger partial charge in [-0.3, -0.25) is 4.79 Å². The van der Waals surface area contributed by atoms with Gasteiger partial charge in [0.1, 0.15) is 0 Å². The first kappa shape index (κ1) is 8.75. The van der Waals surface area contributed by atoms with Gasteiger partial charge in [-0.1, -0.05) is 36.9 Å². The van der Waals surface area contributed by atoms with E-state index in [1.165, 1.54) is 0 Å². The van der Waals surface area contributed by atoms with Crippen molar-refractivity contribution in [3.05, 3.63) is 48.0 Å². The van der Waals surface area contributed by atoms with Gasteiger partial charge < -0.3 is 5.73 Å². The Kier molecular flexibility index (Phi) is 1.97. The maximum absolute atomic E-state index is 10.8. The lowest BCUT2D eigenvalue weighted by Gasteiger charge is -2.02. The zero-order valence-corrected chi connectivity index (χ0v) is 7.79. The molecule has 0 aromatic heterocycles. The minimum Gasteiger partial charge on any atom is -0.369 e. The second kappa shape index (κ2) is 3.14. The van der Waals surface area contributed by atoms with Crippen LogP contribution in [0, 0.1) is 0 Å². The molecule has 1 amide bonds. The number of fused-ring (bicyclic) bond motifs is 1. The SMILES string of the molecule is C=C1C=C(CC(N)=O)c2ccccc21. The minimum absolute atomic E-state index is 0.288. The van der Waals surface area contributed by atoms with Crippen LogP contribution in [-0.2, 0) is 4.79 Å². The van der Waals surface area contributed by atoms with Crippen LogP contribution in [0.1, 0.15) is 17.5 Å². The quantitative estimate of drug-likeness (QED) is 0.752. The van der Waals surface area contributed by atoms with Crippen molar-refractivity contribution < 1.29 is 4.79 Å². The van der Waals surface area contributed by atoms with Crippen LogP contribution in [0.4, 0.5) is 0 Å². The zero-order chi connectivity index (χ0) is 10.1. The van der Waals surface area contributed by atoms with Crippen molar-refractivity contribution in [1.29, 1.82) is 0 Å². The standard InChI is InChI=1S/C12H11NO/c1-8-6-9(7-12(13)14)11-5-3-2-4-10(8)11/h2-6H,1,7H2,(H2,13,14). The van der Waals surface area contributed by atoms with Crippen LogP contribution in [0.25, 0.3) is 11.1 Å². The predicted octanol–water partition coefficient (Wildman–Crippen LogP) is 1.97. The van der Waals surface area contributed by atoms with Gasteiger partial charge in [-0.2, -0.15) is 0 Å². The van der Waals surface area contributed by atoms with Gasteiger partial charge in [-0.15, -0.1) is 0 Å². The number of rotatable bonds is 2. The smallest absolute Gasteiger partial charge is 0.221 e. The molecule has 2 rings (SSSR count). The van der Waals surface area contributed by atoms with Gasteiger partial charge in [-0.05, 0) is 22.3 Å². The van der Waals surface area contributed by atoms with E-state index in [1.54, 1.807) is 0 Å². The highest BCUT2D eigenvalue weighted by Gasteiger charge is 2.17. The van der Waals surface area contributed by atoms with Crippen LogP contribution in [0.15, 0.2) is 36.9 Å². The second-order valence-electron chi connectivity index (χ2n) is 3.38. The van der Waals surface area contributed by atoms with E-state index in [9.17, 15) is 4.79 Å². The number of allylic oxidation sites excluding steroid dienone is 2. The fourth-order valence-electron chi connectivity index (χ4n) is 1.74. The molecule has 0 unspecified atom stereocenters. The van der Waals surface area contributed by atoms with Crippen molar-refractivity contribution in [3.8, 4) is 0 Å². The number of hydrogen-bond donors (Lipinski definition) is 1. The molecule has 14 heavy (non-hydrogen) atoms. The molecule has 0 radical (unpaired) electrons. The highest BCUT2D eigenvalue weighted by molar-refractivity contribution is 6.00. The normalized spacial score (nSPS) is 13.7. The summed E-state index contributed by atoms with van der Waals surface area (Å²) in [6.07, 6.45) is 2.21. The molecule has 0 spiro atoms. The zero-order valence-electron chi connectivity index (χ0n) is 7.79. The molecule has 2 N–H and O–H groups in total. The Balaban J connectivity index is 2.43. The largest absolute Gasteiger partial charge is 0.369 e. The Morgan fingerprint density at radius 1 is 1.29 bits per heavy atom. The summed E-state index contributed by atoms with van der Waals surface area (Å²) in [5.41, 5.74) is 9.27. The van der Waals surface area contributed by atoms with Gasteiger partial charge in [0.2, 0.25) is 5.91 Å². The number of nitrogens with two attached hydrogens (primary N) is 1. The third kappa shape index (κ3) is 1.35. The molecule has 1 aliphatic carbocycles. The molecule has 1 aromatic rings. The van der Waals surface area contributed by atoms with Crippen molar-refractivity contribution in [1.82, 2.24) is 0 Å². The van der Waals surface area contributed by atoms with Crippen LogP contribution >= 0.6 is 0 Å². The Morgan fingerprint density at radius 2 is 1.93 bits per heavy atom. The van der Waals surface area contributed by atoms with Gasteiger partial charge in [-0.25, -0.2) is 0 Å². The topological polar surface area (TPSA) is 43.1 Å². The summed E-state index contributed by atoms with van der Waals surface area (Å²) in [5, 5.41) is 0. The number of primary amides is 1. The lowest BCUT2D eigenvalue weighted by molar-refractivity contribution is -0.117. The number of carbonyl (C=O) groups is 1. The van der Waals surface area contributed by atoms with Crippen LogP contribution in [-0.4, -0.2) is 5.91 Å². The molecule has 0 saturated carbocycles. The Labute approximate surface area is 82.7 Å². The Morgan fingerprint density at radius 3 is 2.57 bits per heavy atom. The van der Waals surface area contributed by atoms with Crippen molar-refractivity contribution in [3.63, 3.8) is 0 Å². The van der Waals surface area contributed by atoms with E-state index in [0.29, 0.717) is 0 Å². The fourth-order valence-corrected chi connectivity index (χ4v) is 1.74. The molecule has 2 heteroatoms. The van der Waals surface area contributed by atoms with E-state index in [2.05, 4.69) is 6.58 Å². The number of carbonyl (C=O) groups excluding carboxylic acids is 1. The van der Waals surface area contributed by atoms with Crippen LogP contribution < -0.4 is 5.73 Å². The van der Waals surface area contributed by atoms with Gasteiger partial charge in [0, 0.05) is 0 Å². The van der Waals surface area contributed by atoms with Crippen molar-refractivity contribution in [2.75, 3.05) is 0 Å². The average Bonchev–Trinajstić information content (AvgIpc) is 2.44. The Bertz CT molecular complexity index is 443. The molecule has 1 aliphatic rings. The molecule has 0 fully saturated rings. The summed E-state index contributed by atoms with van der Waals surface area (Å²) in [7, 11) is 0. The highest BCUT2D eigenvalue weighted by atomic mass is 16.1. The van der Waals surface area contributed by atoms with E-state index in [-0.39, 0.29) is 12.3 Å². The molecule has 0 aliphatic heterocycles. The molecular weight excluding hydrogens is 174 g/mol. The average molecular weight is 185 g/mol. The van der Waals surface area contributed by atoms with Gasteiger partial charge in [0.25, 0.3) is 0 Å². The van der Waals surface area contributed by atoms with E-state index in [1.807, 2.05) is 30.3 Å². The monoisotopic (exact) mass is 185 g/mol. The maximum Gasteiger partial charge on any atom is 0.221 e. The van der Waals surface area contributed by atoms with Crippen molar-refractivity contribution >= 4 is 17.1 Å². The first-order valence-electron chi connectivity index (χ1n) is 4.46. The minimum atomic E-state index is -0.305. The lowest BCUT2D eigenvalue weighted by Crippen LogP contribution is -2.10. The second-order valence-corrected chi connectivity index (χ2v) is 3.38. The number of benzene rings is 1. The molecule has 0 heterocycles. The van der Waals surface area contributed by atoms with Gasteiger partial charge >= 0.3 is 0 Å². The highest BCUT2D eigenvalue weighted by Crippen LogP contribution is 2.35. The third-order valence-corrected chi connectivity index (χ3v) is 2.33. The molecule has 0 atom stereocenters. The third-order valence-electron chi connectivity index (χ3n) is 2.33. The summed E-state index contributed by atoms with van der Waals surface area (Å²) in [6.45, 7) is 3.92. The van der Waals surface area contributed by atoms with E-state index in [0.717, 1.165) is 22.3 Å². The van der Waals surface area contributed by atoms with Crippen LogP contribution in [0.2, 0.25) is 0 Å². The summed E-state index contributed by atoms with van der Waals surface area (Å²) < 4.78 is 0. The van der Waals surface area contributed by atoms with Crippen LogP contribution in [0.3, 0.4) is 0 Å². The molecule has 0 bridgehead atoms. The van der Waals surface area contributed by atoms with Gasteiger partial charge in [0.15, 0.2) is 0 Å². The number of hydrogen-bond acceptors (Lipinski definition) is 1. The van der Waals surface area contributed by atoms with E-state index in [4.69, 9.17) is 5.73 Å². The molecule has 1 aromatic carbocycles. The van der Waals surface area contributed by atoms with Crippen LogP contribution in [0.5, 0.6) is 0 Å². The molecular formula is C12H11NO. The first-order chi connectivity index (χ1) is 6.68. The van der Waals surface area contributed by atoms with E-state index < -0.39 is 0 Å². The summed E-state index contributed by atoms with van der Waals surface area (Å²) >= 11 is 0. The first-order valence-corrected chi connectivity index (χ1v) is 4.46. The molecule has 0 saturated heterocycles. The van der Waals surface area contributed by atoms with Crippen molar-refractivity contribution in [2.45, 2.75) is 6.42 Å². The summed E-state index contributed by atoms with van der Waals surface area (Å²) in [6, 6.07) is 7.90. The van der Waals surface area contributed by atoms with Crippen molar-refractivity contribution in [2.24, 2.45) is 5.73 Å². The van der Waals surface area contributed by atoms with Gasteiger partial charge in [0.05, 0.1) is 6.42 Å². The summed E-state index contributed by atoms with van der Waals surface area (Å²) in [4.78, 5) is 10.8. The fraction of sp³-hybridized carbons (Fsp3) is 0.0833. The lowest BCUT2D eigenvalue weighted by atomic mass is 10.0. The maximum atomic E-state index is 10.8. The van der Waals surface area contributed by atoms with E-state index >= 15 is 0 Å². The summed E-state index contributed by atoms with van der Waals surface area (Å²) in [5.74, 6) is -0.305. The Hall–Kier alpha value is -1.83.